The third kappa shape index (κ3) is 4.97. The Kier molecular flexibility index (Phi) is 7.28. The van der Waals surface area contributed by atoms with Crippen molar-refractivity contribution in [1.82, 2.24) is 15.1 Å². The summed E-state index contributed by atoms with van der Waals surface area (Å²) in [5, 5.41) is 3.29. The Morgan fingerprint density at radius 1 is 1.31 bits per heavy atom. The summed E-state index contributed by atoms with van der Waals surface area (Å²) in [5.41, 5.74) is 1.88. The topological polar surface area (TPSA) is 35.6 Å². The lowest BCUT2D eigenvalue weighted by Crippen LogP contribution is -2.41. The SMILES string of the molecule is CCN(C)[C@H](C(=O)NC[C@H]1CCN(C)[C@H]1c1ccc(Cl)c(F)c1)c1ccccc1. The van der Waals surface area contributed by atoms with Gasteiger partial charge in [0.05, 0.1) is 5.02 Å². The van der Waals surface area contributed by atoms with Crippen molar-refractivity contribution in [2.45, 2.75) is 25.4 Å². The summed E-state index contributed by atoms with van der Waals surface area (Å²) in [6.45, 7) is 4.28. The summed E-state index contributed by atoms with van der Waals surface area (Å²) in [4.78, 5) is 17.3. The van der Waals surface area contributed by atoms with E-state index in [9.17, 15) is 9.18 Å². The summed E-state index contributed by atoms with van der Waals surface area (Å²) in [5.74, 6) is -0.190. The predicted molar refractivity (Wildman–Crippen MR) is 115 cm³/mol. The number of likely N-dealkylation sites (tertiary alicyclic amines) is 1. The van der Waals surface area contributed by atoms with Crippen LogP contribution >= 0.6 is 11.6 Å². The van der Waals surface area contributed by atoms with Gasteiger partial charge in [-0.3, -0.25) is 14.6 Å². The summed E-state index contributed by atoms with van der Waals surface area (Å²) in [6.07, 6.45) is 0.950. The van der Waals surface area contributed by atoms with Crippen LogP contribution < -0.4 is 5.32 Å². The van der Waals surface area contributed by atoms with Crippen LogP contribution in [0.3, 0.4) is 0 Å². The highest BCUT2D eigenvalue weighted by molar-refractivity contribution is 6.30. The molecule has 1 saturated heterocycles. The molecule has 0 aromatic heterocycles. The lowest BCUT2D eigenvalue weighted by atomic mass is 9.93. The molecule has 0 spiro atoms. The molecule has 3 atom stereocenters. The average molecular weight is 418 g/mol. The molecule has 1 heterocycles. The fourth-order valence-corrected chi connectivity index (χ4v) is 4.33. The van der Waals surface area contributed by atoms with Crippen LogP contribution in [0.5, 0.6) is 0 Å². The van der Waals surface area contributed by atoms with E-state index in [0.717, 1.165) is 30.6 Å². The van der Waals surface area contributed by atoms with Crippen LogP contribution in [0.1, 0.15) is 36.6 Å². The van der Waals surface area contributed by atoms with E-state index in [-0.39, 0.29) is 28.9 Å². The second-order valence-corrected chi connectivity index (χ2v) is 8.19. The second kappa shape index (κ2) is 9.70. The molecule has 1 aliphatic rings. The molecule has 0 radical (unpaired) electrons. The lowest BCUT2D eigenvalue weighted by molar-refractivity contribution is -0.126. The molecule has 29 heavy (non-hydrogen) atoms. The predicted octanol–water partition coefficient (Wildman–Crippen LogP) is 4.28. The lowest BCUT2D eigenvalue weighted by Gasteiger charge is -2.29. The van der Waals surface area contributed by atoms with E-state index >= 15 is 0 Å². The molecule has 6 heteroatoms. The Morgan fingerprint density at radius 2 is 2.03 bits per heavy atom. The van der Waals surface area contributed by atoms with Crippen molar-refractivity contribution in [3.8, 4) is 0 Å². The molecule has 0 saturated carbocycles. The van der Waals surface area contributed by atoms with Crippen molar-refractivity contribution in [2.75, 3.05) is 33.7 Å². The molecule has 3 rings (SSSR count). The Morgan fingerprint density at radius 3 is 2.69 bits per heavy atom. The van der Waals surface area contributed by atoms with Gasteiger partial charge in [-0.05, 0) is 62.8 Å². The molecule has 156 valence electrons. The number of hydrogen-bond donors (Lipinski definition) is 1. The Balaban J connectivity index is 1.72. The zero-order valence-corrected chi connectivity index (χ0v) is 18.0. The highest BCUT2D eigenvalue weighted by atomic mass is 35.5. The zero-order valence-electron chi connectivity index (χ0n) is 17.2. The summed E-state index contributed by atoms with van der Waals surface area (Å²) in [6, 6.07) is 14.6. The van der Waals surface area contributed by atoms with E-state index in [1.54, 1.807) is 6.07 Å². The fraction of sp³-hybridized carbons (Fsp3) is 0.435. The number of carbonyl (C=O) groups is 1. The van der Waals surface area contributed by atoms with E-state index in [1.807, 2.05) is 62.3 Å². The smallest absolute Gasteiger partial charge is 0.241 e. The number of nitrogens with zero attached hydrogens (tertiary/aromatic N) is 2. The van der Waals surface area contributed by atoms with Crippen molar-refractivity contribution in [3.63, 3.8) is 0 Å². The third-order valence-electron chi connectivity index (χ3n) is 5.90. The van der Waals surface area contributed by atoms with Crippen LogP contribution in [0.2, 0.25) is 5.02 Å². The van der Waals surface area contributed by atoms with Crippen LogP contribution in [0.15, 0.2) is 48.5 Å². The minimum Gasteiger partial charge on any atom is -0.354 e. The summed E-state index contributed by atoms with van der Waals surface area (Å²) >= 11 is 5.85. The fourth-order valence-electron chi connectivity index (χ4n) is 4.22. The van der Waals surface area contributed by atoms with Gasteiger partial charge in [0.1, 0.15) is 11.9 Å². The summed E-state index contributed by atoms with van der Waals surface area (Å²) < 4.78 is 14.0. The minimum absolute atomic E-state index is 0.00357. The maximum Gasteiger partial charge on any atom is 0.241 e. The van der Waals surface area contributed by atoms with E-state index in [4.69, 9.17) is 11.6 Å². The Bertz CT molecular complexity index is 832. The highest BCUT2D eigenvalue weighted by Gasteiger charge is 2.34. The Hall–Kier alpha value is -1.95. The summed E-state index contributed by atoms with van der Waals surface area (Å²) in [7, 11) is 4.00. The standard InChI is InChI=1S/C23H29ClFN3O/c1-4-27(2)22(16-8-6-5-7-9-16)23(29)26-15-18-12-13-28(3)21(18)17-10-11-19(24)20(25)14-17/h5-11,14,18,21-22H,4,12-13,15H2,1-3H3,(H,26,29)/t18-,21+,22+/m1/s1. The van der Waals surface area contributed by atoms with Gasteiger partial charge >= 0.3 is 0 Å². The molecule has 1 amide bonds. The number of amides is 1. The third-order valence-corrected chi connectivity index (χ3v) is 6.21. The van der Waals surface area contributed by atoms with Crippen LogP contribution in [0, 0.1) is 11.7 Å². The maximum atomic E-state index is 14.0. The van der Waals surface area contributed by atoms with Crippen LogP contribution in [0.25, 0.3) is 0 Å². The molecule has 0 aliphatic carbocycles. The number of hydrogen-bond acceptors (Lipinski definition) is 3. The molecule has 0 unspecified atom stereocenters. The highest BCUT2D eigenvalue weighted by Crippen LogP contribution is 2.36. The molecule has 1 fully saturated rings. The number of likely N-dealkylation sites (N-methyl/N-ethyl adjacent to an activating group) is 1. The van der Waals surface area contributed by atoms with Crippen molar-refractivity contribution in [1.29, 1.82) is 0 Å². The minimum atomic E-state index is -0.402. The largest absolute Gasteiger partial charge is 0.354 e. The number of carbonyl (C=O) groups excluding carboxylic acids is 1. The van der Waals surface area contributed by atoms with Crippen LogP contribution in [-0.4, -0.2) is 49.4 Å². The Labute approximate surface area is 177 Å². The van der Waals surface area contributed by atoms with Gasteiger partial charge in [0, 0.05) is 12.6 Å². The van der Waals surface area contributed by atoms with Crippen molar-refractivity contribution in [2.24, 2.45) is 5.92 Å². The van der Waals surface area contributed by atoms with Gasteiger partial charge < -0.3 is 5.32 Å². The first kappa shape index (κ1) is 21.8. The first-order chi connectivity index (χ1) is 13.9. The van der Waals surface area contributed by atoms with Crippen LogP contribution in [-0.2, 0) is 4.79 Å². The van der Waals surface area contributed by atoms with Crippen molar-refractivity contribution in [3.05, 3.63) is 70.5 Å². The van der Waals surface area contributed by atoms with Gasteiger partial charge in [0.25, 0.3) is 0 Å². The van der Waals surface area contributed by atoms with Gasteiger partial charge in [0.15, 0.2) is 0 Å². The maximum absolute atomic E-state index is 14.0. The molecular formula is C23H29ClFN3O. The van der Waals surface area contributed by atoms with E-state index in [2.05, 4.69) is 10.2 Å². The molecule has 1 aliphatic heterocycles. The first-order valence-corrected chi connectivity index (χ1v) is 10.5. The van der Waals surface area contributed by atoms with Gasteiger partial charge in [0.2, 0.25) is 5.91 Å². The molecule has 0 bridgehead atoms. The van der Waals surface area contributed by atoms with Gasteiger partial charge in [-0.1, -0.05) is 54.9 Å². The molecule has 2 aromatic carbocycles. The van der Waals surface area contributed by atoms with Gasteiger partial charge in [-0.15, -0.1) is 0 Å². The van der Waals surface area contributed by atoms with Crippen molar-refractivity contribution < 1.29 is 9.18 Å². The first-order valence-electron chi connectivity index (χ1n) is 10.1. The molecule has 4 nitrogen and oxygen atoms in total. The van der Waals surface area contributed by atoms with E-state index in [1.165, 1.54) is 6.07 Å². The normalized spacial score (nSPS) is 20.8. The monoisotopic (exact) mass is 417 g/mol. The van der Waals surface area contributed by atoms with Crippen molar-refractivity contribution >= 4 is 17.5 Å². The van der Waals surface area contributed by atoms with Gasteiger partial charge in [-0.25, -0.2) is 4.39 Å². The van der Waals surface area contributed by atoms with Gasteiger partial charge in [-0.2, -0.15) is 0 Å². The quantitative estimate of drug-likeness (QED) is 0.730. The average Bonchev–Trinajstić information content (AvgIpc) is 3.09. The zero-order chi connectivity index (χ0) is 21.0. The number of rotatable bonds is 7. The molecular weight excluding hydrogens is 389 g/mol. The second-order valence-electron chi connectivity index (χ2n) is 7.78. The number of benzene rings is 2. The van der Waals surface area contributed by atoms with E-state index < -0.39 is 5.82 Å². The molecule has 1 N–H and O–H groups in total. The van der Waals surface area contributed by atoms with E-state index in [0.29, 0.717) is 6.54 Å². The molecule has 2 aromatic rings. The number of halogens is 2. The van der Waals surface area contributed by atoms with Crippen LogP contribution in [0.4, 0.5) is 4.39 Å². The number of nitrogens with one attached hydrogen (secondary N) is 1.